The molecule has 60 valence electrons. The molecule has 0 bridgehead atoms. The number of aliphatic carboxylic acids is 1. The quantitative estimate of drug-likeness (QED) is 0.533. The average Bonchev–Trinajstić information content (AvgIpc) is 1.86. The van der Waals surface area contributed by atoms with Crippen LogP contribution < -0.4 is 5.32 Å². The van der Waals surface area contributed by atoms with Crippen molar-refractivity contribution in [2.75, 3.05) is 0 Å². The standard InChI is InChI=1S/C7H9NO3/c1-3-4-6(7(10)11)8-5(2)9/h6H,1-2H3,(H,8,9)(H,10,11). The number of carboxylic acid groups (broad SMARTS) is 1. The molecule has 0 aromatic carbocycles. The highest BCUT2D eigenvalue weighted by Crippen LogP contribution is 1.80. The van der Waals surface area contributed by atoms with Crippen molar-refractivity contribution < 1.29 is 14.7 Å². The van der Waals surface area contributed by atoms with Gasteiger partial charge in [-0.3, -0.25) is 4.79 Å². The Morgan fingerprint density at radius 3 is 2.36 bits per heavy atom. The van der Waals surface area contributed by atoms with Crippen molar-refractivity contribution >= 4 is 11.9 Å². The molecule has 4 nitrogen and oxygen atoms in total. The lowest BCUT2D eigenvalue weighted by molar-refractivity contribution is -0.139. The van der Waals surface area contributed by atoms with Crippen LogP contribution >= 0.6 is 0 Å². The Labute approximate surface area is 64.6 Å². The molecule has 0 aromatic rings. The van der Waals surface area contributed by atoms with Gasteiger partial charge in [-0.25, -0.2) is 4.79 Å². The van der Waals surface area contributed by atoms with Gasteiger partial charge in [0, 0.05) is 6.92 Å². The molecule has 0 aliphatic carbocycles. The second kappa shape index (κ2) is 4.34. The van der Waals surface area contributed by atoms with Crippen molar-refractivity contribution in [3.8, 4) is 11.8 Å². The summed E-state index contributed by atoms with van der Waals surface area (Å²) in [6.07, 6.45) is 0. The zero-order chi connectivity index (χ0) is 8.85. The smallest absolute Gasteiger partial charge is 0.338 e. The van der Waals surface area contributed by atoms with Crippen molar-refractivity contribution in [1.29, 1.82) is 0 Å². The predicted octanol–water partition coefficient (Wildman–Crippen LogP) is -0.401. The van der Waals surface area contributed by atoms with Crippen molar-refractivity contribution in [2.24, 2.45) is 0 Å². The second-order valence-corrected chi connectivity index (χ2v) is 1.87. The molecule has 0 saturated heterocycles. The predicted molar refractivity (Wildman–Crippen MR) is 38.7 cm³/mol. The Bertz CT molecular complexity index is 224. The van der Waals surface area contributed by atoms with Gasteiger partial charge >= 0.3 is 5.97 Å². The van der Waals surface area contributed by atoms with Gasteiger partial charge in [0.2, 0.25) is 5.91 Å². The SMILES string of the molecule is CC#CC(NC(C)=O)C(=O)O. The van der Waals surface area contributed by atoms with Gasteiger partial charge in [-0.05, 0) is 6.92 Å². The number of hydrogen-bond acceptors (Lipinski definition) is 2. The molecule has 1 amide bonds. The lowest BCUT2D eigenvalue weighted by atomic mass is 10.3. The van der Waals surface area contributed by atoms with Crippen molar-refractivity contribution in [3.63, 3.8) is 0 Å². The van der Waals surface area contributed by atoms with E-state index in [1.807, 2.05) is 0 Å². The van der Waals surface area contributed by atoms with E-state index in [2.05, 4.69) is 17.2 Å². The van der Waals surface area contributed by atoms with Gasteiger partial charge in [-0.2, -0.15) is 0 Å². The van der Waals surface area contributed by atoms with Crippen LogP contribution in [0.25, 0.3) is 0 Å². The van der Waals surface area contributed by atoms with Gasteiger partial charge in [0.15, 0.2) is 6.04 Å². The molecule has 4 heteroatoms. The monoisotopic (exact) mass is 155 g/mol. The molecule has 0 heterocycles. The van der Waals surface area contributed by atoms with E-state index in [-0.39, 0.29) is 0 Å². The van der Waals surface area contributed by atoms with Gasteiger partial charge in [-0.1, -0.05) is 5.92 Å². The van der Waals surface area contributed by atoms with Crippen LogP contribution in [0.5, 0.6) is 0 Å². The zero-order valence-electron chi connectivity index (χ0n) is 6.34. The summed E-state index contributed by atoms with van der Waals surface area (Å²) in [6, 6.07) is -1.09. The number of nitrogens with one attached hydrogen (secondary N) is 1. The maximum absolute atomic E-state index is 10.4. The summed E-state index contributed by atoms with van der Waals surface area (Å²) in [5.74, 6) is 3.19. The van der Waals surface area contributed by atoms with Gasteiger partial charge < -0.3 is 10.4 Å². The van der Waals surface area contributed by atoms with E-state index in [0.717, 1.165) is 0 Å². The van der Waals surface area contributed by atoms with E-state index in [9.17, 15) is 9.59 Å². The molecule has 11 heavy (non-hydrogen) atoms. The molecule has 0 aliphatic rings. The Morgan fingerprint density at radius 2 is 2.09 bits per heavy atom. The number of hydrogen-bond donors (Lipinski definition) is 2. The van der Waals surface area contributed by atoms with E-state index in [4.69, 9.17) is 5.11 Å². The fraction of sp³-hybridized carbons (Fsp3) is 0.429. The molecule has 0 aromatic heterocycles. The molecule has 0 rings (SSSR count). The Morgan fingerprint density at radius 1 is 1.55 bits per heavy atom. The lowest BCUT2D eigenvalue weighted by Crippen LogP contribution is -2.38. The number of carbonyl (C=O) groups is 2. The largest absolute Gasteiger partial charge is 0.479 e. The number of amides is 1. The number of rotatable bonds is 2. The molecule has 0 fully saturated rings. The zero-order valence-corrected chi connectivity index (χ0v) is 6.34. The van der Waals surface area contributed by atoms with Crippen LogP contribution in [0.3, 0.4) is 0 Å². The fourth-order valence-electron chi connectivity index (χ4n) is 0.507. The van der Waals surface area contributed by atoms with Crippen molar-refractivity contribution in [3.05, 3.63) is 0 Å². The molecular weight excluding hydrogens is 146 g/mol. The van der Waals surface area contributed by atoms with Gasteiger partial charge in [0.25, 0.3) is 0 Å². The van der Waals surface area contributed by atoms with Crippen LogP contribution in [0.2, 0.25) is 0 Å². The summed E-state index contributed by atoms with van der Waals surface area (Å²) < 4.78 is 0. The molecule has 1 unspecified atom stereocenters. The number of carboxylic acids is 1. The van der Waals surface area contributed by atoms with Crippen LogP contribution in [0.1, 0.15) is 13.8 Å². The third-order valence-corrected chi connectivity index (χ3v) is 0.883. The van der Waals surface area contributed by atoms with Crippen LogP contribution in [0.15, 0.2) is 0 Å². The van der Waals surface area contributed by atoms with E-state index >= 15 is 0 Å². The van der Waals surface area contributed by atoms with Crippen molar-refractivity contribution in [1.82, 2.24) is 5.32 Å². The average molecular weight is 155 g/mol. The van der Waals surface area contributed by atoms with Crippen LogP contribution in [0.4, 0.5) is 0 Å². The van der Waals surface area contributed by atoms with Gasteiger partial charge in [0.05, 0.1) is 0 Å². The molecule has 1 atom stereocenters. The summed E-state index contributed by atoms with van der Waals surface area (Å²) in [4.78, 5) is 20.7. The molecule has 2 N–H and O–H groups in total. The minimum Gasteiger partial charge on any atom is -0.479 e. The van der Waals surface area contributed by atoms with E-state index in [1.54, 1.807) is 0 Å². The molecule has 0 radical (unpaired) electrons. The fourth-order valence-corrected chi connectivity index (χ4v) is 0.507. The maximum Gasteiger partial charge on any atom is 0.338 e. The molecule has 0 spiro atoms. The summed E-state index contributed by atoms with van der Waals surface area (Å²) in [6.45, 7) is 2.75. The molecule has 0 aliphatic heterocycles. The maximum atomic E-state index is 10.4. The summed E-state index contributed by atoms with van der Waals surface area (Å²) in [5, 5.41) is 10.6. The molecular formula is C7H9NO3. The highest BCUT2D eigenvalue weighted by Gasteiger charge is 2.13. The van der Waals surface area contributed by atoms with Crippen molar-refractivity contribution in [2.45, 2.75) is 19.9 Å². The summed E-state index contributed by atoms with van der Waals surface area (Å²) in [5.41, 5.74) is 0. The first-order chi connectivity index (χ1) is 5.07. The van der Waals surface area contributed by atoms with Gasteiger partial charge in [-0.15, -0.1) is 5.92 Å². The van der Waals surface area contributed by atoms with Gasteiger partial charge in [0.1, 0.15) is 0 Å². The molecule has 0 saturated carbocycles. The minimum atomic E-state index is -1.14. The van der Waals surface area contributed by atoms with Crippen LogP contribution in [0, 0.1) is 11.8 Å². The Kier molecular flexibility index (Phi) is 3.75. The summed E-state index contributed by atoms with van der Waals surface area (Å²) in [7, 11) is 0. The van der Waals surface area contributed by atoms with Crippen LogP contribution in [-0.2, 0) is 9.59 Å². The summed E-state index contributed by atoms with van der Waals surface area (Å²) >= 11 is 0. The first-order valence-electron chi connectivity index (χ1n) is 3.00. The third kappa shape index (κ3) is 3.98. The van der Waals surface area contributed by atoms with E-state index in [0.29, 0.717) is 0 Å². The number of carbonyl (C=O) groups excluding carboxylic acids is 1. The van der Waals surface area contributed by atoms with E-state index in [1.165, 1.54) is 13.8 Å². The first kappa shape index (κ1) is 9.50. The third-order valence-electron chi connectivity index (χ3n) is 0.883. The second-order valence-electron chi connectivity index (χ2n) is 1.87. The lowest BCUT2D eigenvalue weighted by Gasteiger charge is -2.04. The topological polar surface area (TPSA) is 66.4 Å². The normalized spacial score (nSPS) is 10.7. The highest BCUT2D eigenvalue weighted by atomic mass is 16.4. The van der Waals surface area contributed by atoms with E-state index < -0.39 is 17.9 Å². The highest BCUT2D eigenvalue weighted by molar-refractivity contribution is 5.84. The minimum absolute atomic E-state index is 0.403. The Balaban J connectivity index is 4.19. The van der Waals surface area contributed by atoms with Crippen LogP contribution in [-0.4, -0.2) is 23.0 Å². The Hall–Kier alpha value is -1.50. The first-order valence-corrected chi connectivity index (χ1v) is 3.00.